The molecule has 0 aliphatic carbocycles. The Hall–Kier alpha value is -2.64. The van der Waals surface area contributed by atoms with E-state index in [1.54, 1.807) is 6.07 Å². The number of rotatable bonds is 6. The van der Waals surface area contributed by atoms with Crippen LogP contribution >= 0.6 is 23.2 Å². The highest BCUT2D eigenvalue weighted by atomic mass is 35.5. The molecule has 9 heteroatoms. The van der Waals surface area contributed by atoms with E-state index < -0.39 is 22.8 Å². The highest BCUT2D eigenvalue weighted by Crippen LogP contribution is 2.24. The minimum atomic E-state index is -1.01. The summed E-state index contributed by atoms with van der Waals surface area (Å²) >= 11 is 12.0. The van der Waals surface area contributed by atoms with Crippen LogP contribution in [0.5, 0.6) is 0 Å². The molecule has 0 unspecified atom stereocenters. The number of hydrogen-bond acceptors (Lipinski definition) is 5. The Kier molecular flexibility index (Phi) is 6.54. The molecule has 0 saturated heterocycles. The van der Waals surface area contributed by atoms with Crippen molar-refractivity contribution in [3.8, 4) is 0 Å². The van der Waals surface area contributed by atoms with Crippen molar-refractivity contribution in [1.29, 1.82) is 0 Å². The van der Waals surface area contributed by atoms with Crippen molar-refractivity contribution >= 4 is 40.8 Å². The van der Waals surface area contributed by atoms with Crippen molar-refractivity contribution in [2.75, 3.05) is 7.11 Å². The maximum atomic E-state index is 12.5. The van der Waals surface area contributed by atoms with E-state index in [0.29, 0.717) is 5.56 Å². The highest BCUT2D eigenvalue weighted by Gasteiger charge is 2.25. The van der Waals surface area contributed by atoms with Crippen molar-refractivity contribution in [1.82, 2.24) is 5.32 Å². The molecule has 26 heavy (non-hydrogen) atoms. The standard InChI is InChI=1S/C17H14Cl2N2O5/c1-26-17(23)14(9-10-5-7-11(8-6-10)21(24)25)20-16(22)15-12(18)3-2-4-13(15)19/h2-8,14H,9H2,1H3,(H,20,22)/t14-/m1/s1. The summed E-state index contributed by atoms with van der Waals surface area (Å²) in [6, 6.07) is 9.23. The van der Waals surface area contributed by atoms with Crippen LogP contribution in [0, 0.1) is 10.1 Å². The van der Waals surface area contributed by atoms with E-state index in [9.17, 15) is 19.7 Å². The van der Waals surface area contributed by atoms with Crippen LogP contribution in [0.25, 0.3) is 0 Å². The van der Waals surface area contributed by atoms with Gasteiger partial charge in [-0.25, -0.2) is 4.79 Å². The molecule has 7 nitrogen and oxygen atoms in total. The molecule has 0 heterocycles. The largest absolute Gasteiger partial charge is 0.467 e. The van der Waals surface area contributed by atoms with Crippen LogP contribution in [0.3, 0.4) is 0 Å². The van der Waals surface area contributed by atoms with Crippen molar-refractivity contribution in [2.24, 2.45) is 0 Å². The Morgan fingerprint density at radius 3 is 2.23 bits per heavy atom. The van der Waals surface area contributed by atoms with Crippen LogP contribution in [0.4, 0.5) is 5.69 Å². The second-order valence-corrected chi connectivity index (χ2v) is 6.09. The fourth-order valence-electron chi connectivity index (χ4n) is 2.27. The average Bonchev–Trinajstić information content (AvgIpc) is 2.60. The van der Waals surface area contributed by atoms with Gasteiger partial charge in [0.25, 0.3) is 11.6 Å². The van der Waals surface area contributed by atoms with Gasteiger partial charge >= 0.3 is 5.97 Å². The Morgan fingerprint density at radius 2 is 1.73 bits per heavy atom. The lowest BCUT2D eigenvalue weighted by Crippen LogP contribution is -2.43. The second-order valence-electron chi connectivity index (χ2n) is 5.27. The van der Waals surface area contributed by atoms with Gasteiger partial charge in [-0.15, -0.1) is 0 Å². The van der Waals surface area contributed by atoms with E-state index in [2.05, 4.69) is 5.32 Å². The topological polar surface area (TPSA) is 98.5 Å². The summed E-state index contributed by atoms with van der Waals surface area (Å²) in [6.45, 7) is 0. The number of nitro benzene ring substituents is 1. The highest BCUT2D eigenvalue weighted by molar-refractivity contribution is 6.39. The molecule has 0 bridgehead atoms. The van der Waals surface area contributed by atoms with Gasteiger partial charge in [0, 0.05) is 18.6 Å². The zero-order chi connectivity index (χ0) is 19.3. The molecule has 136 valence electrons. The number of carbonyl (C=O) groups excluding carboxylic acids is 2. The summed E-state index contributed by atoms with van der Waals surface area (Å²) in [5.74, 6) is -1.29. The molecule has 0 aliphatic rings. The molecule has 0 aliphatic heterocycles. The molecular weight excluding hydrogens is 383 g/mol. The van der Waals surface area contributed by atoms with Crippen LogP contribution in [0.2, 0.25) is 10.0 Å². The molecule has 2 rings (SSSR count). The van der Waals surface area contributed by atoms with Gasteiger partial charge in [0.1, 0.15) is 6.04 Å². The van der Waals surface area contributed by atoms with Crippen LogP contribution < -0.4 is 5.32 Å². The van der Waals surface area contributed by atoms with Gasteiger partial charge in [-0.05, 0) is 17.7 Å². The van der Waals surface area contributed by atoms with Crippen molar-refractivity contribution in [2.45, 2.75) is 12.5 Å². The molecule has 0 fully saturated rings. The Labute approximate surface area is 159 Å². The molecule has 0 aromatic heterocycles. The smallest absolute Gasteiger partial charge is 0.328 e. The van der Waals surface area contributed by atoms with E-state index in [4.69, 9.17) is 27.9 Å². The summed E-state index contributed by atoms with van der Waals surface area (Å²) in [4.78, 5) is 34.7. The Bertz CT molecular complexity index is 819. The number of hydrogen-bond donors (Lipinski definition) is 1. The third kappa shape index (κ3) is 4.71. The number of benzene rings is 2. The van der Waals surface area contributed by atoms with Crippen LogP contribution in [-0.4, -0.2) is 30.0 Å². The molecule has 1 N–H and O–H groups in total. The van der Waals surface area contributed by atoms with E-state index >= 15 is 0 Å². The first-order chi connectivity index (χ1) is 12.3. The van der Waals surface area contributed by atoms with E-state index in [-0.39, 0.29) is 27.7 Å². The molecule has 0 saturated carbocycles. The van der Waals surface area contributed by atoms with Crippen LogP contribution in [0.1, 0.15) is 15.9 Å². The Morgan fingerprint density at radius 1 is 1.15 bits per heavy atom. The predicted molar refractivity (Wildman–Crippen MR) is 96.5 cm³/mol. The number of nitro groups is 1. The molecular formula is C17H14Cl2N2O5. The zero-order valence-corrected chi connectivity index (χ0v) is 15.1. The molecule has 2 aromatic rings. The summed E-state index contributed by atoms with van der Waals surface area (Å²) < 4.78 is 4.72. The third-order valence-electron chi connectivity index (χ3n) is 3.57. The number of nitrogens with zero attached hydrogens (tertiary/aromatic N) is 1. The van der Waals surface area contributed by atoms with E-state index in [0.717, 1.165) is 0 Å². The lowest BCUT2D eigenvalue weighted by Gasteiger charge is -2.17. The minimum Gasteiger partial charge on any atom is -0.467 e. The number of ether oxygens (including phenoxy) is 1. The molecule has 0 radical (unpaired) electrons. The first kappa shape index (κ1) is 19.7. The summed E-state index contributed by atoms with van der Waals surface area (Å²) in [7, 11) is 1.19. The predicted octanol–water partition coefficient (Wildman–Crippen LogP) is 3.42. The third-order valence-corrected chi connectivity index (χ3v) is 4.20. The van der Waals surface area contributed by atoms with Crippen molar-refractivity contribution in [3.63, 3.8) is 0 Å². The second kappa shape index (κ2) is 8.64. The number of esters is 1. The number of nitrogens with one attached hydrogen (secondary N) is 1. The summed E-state index contributed by atoms with van der Waals surface area (Å²) in [6.07, 6.45) is 0.0818. The van der Waals surface area contributed by atoms with Crippen LogP contribution in [-0.2, 0) is 16.0 Å². The number of methoxy groups -OCH3 is 1. The maximum absolute atomic E-state index is 12.5. The fourth-order valence-corrected chi connectivity index (χ4v) is 2.84. The van der Waals surface area contributed by atoms with Crippen molar-refractivity contribution in [3.05, 3.63) is 73.8 Å². The minimum absolute atomic E-state index is 0.0495. The van der Waals surface area contributed by atoms with Gasteiger partial charge in [0.2, 0.25) is 0 Å². The first-order valence-electron chi connectivity index (χ1n) is 7.39. The lowest BCUT2D eigenvalue weighted by atomic mass is 10.0. The van der Waals surface area contributed by atoms with Gasteiger partial charge in [0.15, 0.2) is 0 Å². The van der Waals surface area contributed by atoms with Gasteiger partial charge < -0.3 is 10.1 Å². The molecule has 0 spiro atoms. The van der Waals surface area contributed by atoms with Gasteiger partial charge in [0.05, 0.1) is 27.6 Å². The average molecular weight is 397 g/mol. The van der Waals surface area contributed by atoms with Gasteiger partial charge in [-0.2, -0.15) is 0 Å². The lowest BCUT2D eigenvalue weighted by molar-refractivity contribution is -0.384. The number of non-ortho nitro benzene ring substituents is 1. The van der Waals surface area contributed by atoms with E-state index in [1.165, 1.54) is 43.5 Å². The van der Waals surface area contributed by atoms with Gasteiger partial charge in [-0.3, -0.25) is 14.9 Å². The molecule has 1 atom stereocenters. The van der Waals surface area contributed by atoms with Gasteiger partial charge in [-0.1, -0.05) is 41.4 Å². The monoisotopic (exact) mass is 396 g/mol. The zero-order valence-electron chi connectivity index (χ0n) is 13.6. The maximum Gasteiger partial charge on any atom is 0.328 e. The Balaban J connectivity index is 2.21. The van der Waals surface area contributed by atoms with Crippen LogP contribution in [0.15, 0.2) is 42.5 Å². The quantitative estimate of drug-likeness (QED) is 0.458. The summed E-state index contributed by atoms with van der Waals surface area (Å²) in [5, 5.41) is 13.5. The molecule has 2 aromatic carbocycles. The SMILES string of the molecule is COC(=O)[C@@H](Cc1ccc([N+](=O)[O-])cc1)NC(=O)c1c(Cl)cccc1Cl. The fraction of sp³-hybridized carbons (Fsp3) is 0.176. The first-order valence-corrected chi connectivity index (χ1v) is 8.15. The number of amides is 1. The summed E-state index contributed by atoms with van der Waals surface area (Å²) in [5.41, 5.74) is 0.584. The molecule has 1 amide bonds. The van der Waals surface area contributed by atoms with E-state index in [1.807, 2.05) is 0 Å². The van der Waals surface area contributed by atoms with Crippen molar-refractivity contribution < 1.29 is 19.2 Å². The number of carbonyl (C=O) groups is 2. The number of halogens is 2. The normalized spacial score (nSPS) is 11.5.